The molecule has 1 N–H and O–H groups in total. The van der Waals surface area contributed by atoms with Gasteiger partial charge in [-0.25, -0.2) is 5.43 Å². The SMILES string of the molecule is Cc1scc(/C=N\NC(=O)c2ccccc2OCc2ccccc2)c1[N+](=O)[O-]. The van der Waals surface area contributed by atoms with Gasteiger partial charge in [0.15, 0.2) is 0 Å². The largest absolute Gasteiger partial charge is 0.488 e. The van der Waals surface area contributed by atoms with Gasteiger partial charge in [-0.05, 0) is 24.6 Å². The second-order valence-corrected chi connectivity index (χ2v) is 6.91. The molecule has 1 heterocycles. The number of benzene rings is 2. The molecule has 0 fully saturated rings. The lowest BCUT2D eigenvalue weighted by molar-refractivity contribution is -0.385. The summed E-state index contributed by atoms with van der Waals surface area (Å²) in [7, 11) is 0. The van der Waals surface area contributed by atoms with Gasteiger partial charge in [-0.1, -0.05) is 42.5 Å². The number of hydrogen-bond donors (Lipinski definition) is 1. The quantitative estimate of drug-likeness (QED) is 0.366. The van der Waals surface area contributed by atoms with Crippen LogP contribution in [0.15, 0.2) is 65.1 Å². The monoisotopic (exact) mass is 395 g/mol. The summed E-state index contributed by atoms with van der Waals surface area (Å²) < 4.78 is 5.76. The second kappa shape index (κ2) is 8.92. The number of para-hydroxylation sites is 1. The average Bonchev–Trinajstić information content (AvgIpc) is 3.08. The van der Waals surface area contributed by atoms with Crippen LogP contribution in [0.1, 0.15) is 26.4 Å². The highest BCUT2D eigenvalue weighted by Crippen LogP contribution is 2.28. The minimum Gasteiger partial charge on any atom is -0.488 e. The summed E-state index contributed by atoms with van der Waals surface area (Å²) in [4.78, 5) is 23.7. The predicted octanol–water partition coefficient (Wildman–Crippen LogP) is 4.31. The number of carbonyl (C=O) groups excluding carboxylic acids is 1. The Kier molecular flexibility index (Phi) is 6.13. The number of nitro groups is 1. The van der Waals surface area contributed by atoms with E-state index in [1.807, 2.05) is 30.3 Å². The van der Waals surface area contributed by atoms with E-state index < -0.39 is 10.8 Å². The lowest BCUT2D eigenvalue weighted by Crippen LogP contribution is -2.18. The van der Waals surface area contributed by atoms with E-state index in [2.05, 4.69) is 10.5 Å². The second-order valence-electron chi connectivity index (χ2n) is 5.82. The highest BCUT2D eigenvalue weighted by molar-refractivity contribution is 7.10. The maximum absolute atomic E-state index is 12.5. The van der Waals surface area contributed by atoms with Crippen molar-refractivity contribution in [1.82, 2.24) is 5.43 Å². The Hall–Kier alpha value is -3.52. The van der Waals surface area contributed by atoms with Gasteiger partial charge < -0.3 is 4.74 Å². The van der Waals surface area contributed by atoms with E-state index in [1.54, 1.807) is 36.6 Å². The molecule has 8 heteroatoms. The van der Waals surface area contributed by atoms with Crippen molar-refractivity contribution >= 4 is 29.1 Å². The first-order chi connectivity index (χ1) is 13.6. The van der Waals surface area contributed by atoms with Crippen molar-refractivity contribution in [2.75, 3.05) is 0 Å². The van der Waals surface area contributed by atoms with E-state index in [0.29, 0.717) is 28.4 Å². The molecule has 0 saturated heterocycles. The molecule has 1 amide bonds. The molecule has 142 valence electrons. The molecule has 0 spiro atoms. The number of carbonyl (C=O) groups is 1. The van der Waals surface area contributed by atoms with Gasteiger partial charge in [0, 0.05) is 5.38 Å². The summed E-state index contributed by atoms with van der Waals surface area (Å²) >= 11 is 1.26. The van der Waals surface area contributed by atoms with Crippen LogP contribution in [-0.4, -0.2) is 17.0 Å². The molecular formula is C20H17N3O4S. The third-order valence-corrected chi connectivity index (χ3v) is 4.81. The highest BCUT2D eigenvalue weighted by atomic mass is 32.1. The minimum atomic E-state index is -0.463. The van der Waals surface area contributed by atoms with Crippen molar-refractivity contribution < 1.29 is 14.5 Å². The lowest BCUT2D eigenvalue weighted by Gasteiger charge is -2.10. The zero-order chi connectivity index (χ0) is 19.9. The molecule has 0 aliphatic heterocycles. The van der Waals surface area contributed by atoms with Crippen LogP contribution in [0, 0.1) is 17.0 Å². The number of nitrogens with zero attached hydrogens (tertiary/aromatic N) is 2. The molecule has 7 nitrogen and oxygen atoms in total. The van der Waals surface area contributed by atoms with Gasteiger partial charge in [-0.2, -0.15) is 5.10 Å². The Balaban J connectivity index is 1.69. The molecule has 0 atom stereocenters. The fraction of sp³-hybridized carbons (Fsp3) is 0.100. The van der Waals surface area contributed by atoms with E-state index in [0.717, 1.165) is 5.56 Å². The van der Waals surface area contributed by atoms with Crippen molar-refractivity contribution in [3.05, 3.63) is 91.7 Å². The molecular weight excluding hydrogens is 378 g/mol. The number of hydrogen-bond acceptors (Lipinski definition) is 6. The van der Waals surface area contributed by atoms with E-state index in [9.17, 15) is 14.9 Å². The number of ether oxygens (including phenoxy) is 1. The standard InChI is InChI=1S/C20H17N3O4S/c1-14-19(23(25)26)16(13-28-14)11-21-22-20(24)17-9-5-6-10-18(17)27-12-15-7-3-2-4-8-15/h2-11,13H,12H2,1H3,(H,22,24)/b21-11-. The van der Waals surface area contributed by atoms with Gasteiger partial charge in [0.1, 0.15) is 12.4 Å². The number of nitrogens with one attached hydrogen (secondary N) is 1. The van der Waals surface area contributed by atoms with Gasteiger partial charge in [0.25, 0.3) is 11.6 Å². The minimum absolute atomic E-state index is 0.00501. The van der Waals surface area contributed by atoms with Crippen LogP contribution in [0.2, 0.25) is 0 Å². The van der Waals surface area contributed by atoms with Crippen molar-refractivity contribution in [3.63, 3.8) is 0 Å². The molecule has 1 aromatic heterocycles. The van der Waals surface area contributed by atoms with Gasteiger partial charge in [-0.15, -0.1) is 11.3 Å². The Morgan fingerprint density at radius 3 is 2.68 bits per heavy atom. The van der Waals surface area contributed by atoms with Crippen LogP contribution in [0.25, 0.3) is 0 Å². The van der Waals surface area contributed by atoms with Crippen molar-refractivity contribution in [2.45, 2.75) is 13.5 Å². The average molecular weight is 395 g/mol. The molecule has 0 radical (unpaired) electrons. The first-order valence-electron chi connectivity index (χ1n) is 8.38. The van der Waals surface area contributed by atoms with Crippen LogP contribution in [-0.2, 0) is 6.61 Å². The van der Waals surface area contributed by atoms with Crippen LogP contribution in [0.3, 0.4) is 0 Å². The van der Waals surface area contributed by atoms with Crippen LogP contribution < -0.4 is 10.2 Å². The zero-order valence-electron chi connectivity index (χ0n) is 15.0. The molecule has 28 heavy (non-hydrogen) atoms. The molecule has 0 saturated carbocycles. The topological polar surface area (TPSA) is 93.8 Å². The number of thiophene rings is 1. The number of hydrazone groups is 1. The third-order valence-electron chi connectivity index (χ3n) is 3.89. The summed E-state index contributed by atoms with van der Waals surface area (Å²) in [5, 5.41) is 16.6. The maximum atomic E-state index is 12.5. The van der Waals surface area contributed by atoms with E-state index in [4.69, 9.17) is 4.74 Å². The summed E-state index contributed by atoms with van der Waals surface area (Å²) in [6.07, 6.45) is 1.27. The Morgan fingerprint density at radius 2 is 1.93 bits per heavy atom. The number of amides is 1. The molecule has 3 rings (SSSR count). The first kappa shape index (κ1) is 19.2. The zero-order valence-corrected chi connectivity index (χ0v) is 15.8. The lowest BCUT2D eigenvalue weighted by atomic mass is 10.2. The van der Waals surface area contributed by atoms with Crippen LogP contribution in [0.5, 0.6) is 5.75 Å². The normalized spacial score (nSPS) is 10.8. The van der Waals surface area contributed by atoms with E-state index in [-0.39, 0.29) is 5.69 Å². The van der Waals surface area contributed by atoms with Gasteiger partial charge >= 0.3 is 0 Å². The Morgan fingerprint density at radius 1 is 1.21 bits per heavy atom. The van der Waals surface area contributed by atoms with Gasteiger partial charge in [0.2, 0.25) is 0 Å². The summed E-state index contributed by atoms with van der Waals surface area (Å²) in [5.74, 6) is -0.0362. The summed E-state index contributed by atoms with van der Waals surface area (Å²) in [6, 6.07) is 16.4. The number of aryl methyl sites for hydroxylation is 1. The Labute approximate surface area is 165 Å². The fourth-order valence-electron chi connectivity index (χ4n) is 2.53. The third kappa shape index (κ3) is 4.60. The molecule has 0 aliphatic carbocycles. The van der Waals surface area contributed by atoms with Crippen LogP contribution >= 0.6 is 11.3 Å². The highest BCUT2D eigenvalue weighted by Gasteiger charge is 2.18. The van der Waals surface area contributed by atoms with Gasteiger partial charge in [-0.3, -0.25) is 14.9 Å². The summed E-state index contributed by atoms with van der Waals surface area (Å²) in [5.41, 5.74) is 4.05. The van der Waals surface area contributed by atoms with Crippen LogP contribution in [0.4, 0.5) is 5.69 Å². The predicted molar refractivity (Wildman–Crippen MR) is 108 cm³/mol. The molecule has 0 aliphatic rings. The molecule has 0 unspecified atom stereocenters. The van der Waals surface area contributed by atoms with Crippen molar-refractivity contribution in [3.8, 4) is 5.75 Å². The molecule has 3 aromatic rings. The fourth-order valence-corrected chi connectivity index (χ4v) is 3.31. The number of rotatable bonds is 7. The van der Waals surface area contributed by atoms with Crippen molar-refractivity contribution in [2.24, 2.45) is 5.10 Å². The molecule has 2 aromatic carbocycles. The molecule has 0 bridgehead atoms. The van der Waals surface area contributed by atoms with E-state index in [1.165, 1.54) is 17.6 Å². The first-order valence-corrected chi connectivity index (χ1v) is 9.26. The van der Waals surface area contributed by atoms with E-state index >= 15 is 0 Å². The van der Waals surface area contributed by atoms with Crippen molar-refractivity contribution in [1.29, 1.82) is 0 Å². The smallest absolute Gasteiger partial charge is 0.291 e. The maximum Gasteiger partial charge on any atom is 0.291 e. The summed E-state index contributed by atoms with van der Waals surface area (Å²) in [6.45, 7) is 1.99. The Bertz CT molecular complexity index is 1020. The van der Waals surface area contributed by atoms with Gasteiger partial charge in [0.05, 0.1) is 27.1 Å².